The van der Waals surface area contributed by atoms with Gasteiger partial charge in [-0.3, -0.25) is 9.59 Å². The number of aliphatic carboxylic acids is 1. The van der Waals surface area contributed by atoms with Crippen molar-refractivity contribution in [3.05, 3.63) is 17.5 Å². The molecule has 1 aliphatic rings. The summed E-state index contributed by atoms with van der Waals surface area (Å²) in [6.45, 7) is 4.38. The van der Waals surface area contributed by atoms with Crippen molar-refractivity contribution >= 4 is 11.9 Å². The summed E-state index contributed by atoms with van der Waals surface area (Å²) in [4.78, 5) is 25.2. The second kappa shape index (κ2) is 5.03. The van der Waals surface area contributed by atoms with E-state index in [0.717, 1.165) is 0 Å². The van der Waals surface area contributed by atoms with Crippen LogP contribution in [0.3, 0.4) is 0 Å². The Labute approximate surface area is 111 Å². The number of nitrogens with zero attached hydrogens (tertiary/aromatic N) is 2. The number of carboxylic acid groups (broad SMARTS) is 1. The van der Waals surface area contributed by atoms with E-state index in [9.17, 15) is 14.7 Å². The standard InChI is InChI=1S/C13H18N2O4/c1-3-13(12(17)18)5-4-6-15(8-13)11(16)10-7-9(2)14-19-10/h7H,3-6,8H2,1-2H3,(H,17,18). The smallest absolute Gasteiger partial charge is 0.311 e. The lowest BCUT2D eigenvalue weighted by Crippen LogP contribution is -2.49. The first-order chi connectivity index (χ1) is 8.98. The molecule has 0 radical (unpaired) electrons. The Bertz CT molecular complexity index is 497. The summed E-state index contributed by atoms with van der Waals surface area (Å²) in [7, 11) is 0. The van der Waals surface area contributed by atoms with Gasteiger partial charge in [-0.15, -0.1) is 0 Å². The van der Waals surface area contributed by atoms with Crippen LogP contribution in [-0.2, 0) is 4.79 Å². The summed E-state index contributed by atoms with van der Waals surface area (Å²) in [5.74, 6) is -0.935. The number of amides is 1. The maximum absolute atomic E-state index is 12.2. The number of carboxylic acids is 1. The molecule has 0 aliphatic carbocycles. The predicted octanol–water partition coefficient (Wildman–Crippen LogP) is 1.70. The third-order valence-electron chi connectivity index (χ3n) is 3.83. The molecule has 1 atom stereocenters. The maximum Gasteiger partial charge on any atom is 0.311 e. The fourth-order valence-corrected chi connectivity index (χ4v) is 2.54. The quantitative estimate of drug-likeness (QED) is 0.900. The SMILES string of the molecule is CCC1(C(=O)O)CCCN(C(=O)c2cc(C)no2)C1. The number of piperidine rings is 1. The van der Waals surface area contributed by atoms with Crippen LogP contribution in [0.5, 0.6) is 0 Å². The minimum atomic E-state index is -0.832. The molecule has 1 aromatic rings. The largest absolute Gasteiger partial charge is 0.481 e. The monoisotopic (exact) mass is 266 g/mol. The first-order valence-corrected chi connectivity index (χ1v) is 6.44. The Hall–Kier alpha value is -1.85. The van der Waals surface area contributed by atoms with Crippen molar-refractivity contribution in [1.29, 1.82) is 0 Å². The number of rotatable bonds is 3. The van der Waals surface area contributed by atoms with Gasteiger partial charge >= 0.3 is 5.97 Å². The van der Waals surface area contributed by atoms with Crippen LogP contribution < -0.4 is 0 Å². The minimum Gasteiger partial charge on any atom is -0.481 e. The zero-order valence-electron chi connectivity index (χ0n) is 11.2. The molecule has 1 fully saturated rings. The molecule has 0 saturated carbocycles. The number of likely N-dealkylation sites (tertiary alicyclic amines) is 1. The van der Waals surface area contributed by atoms with E-state index in [1.165, 1.54) is 0 Å². The van der Waals surface area contributed by atoms with Crippen LogP contribution in [0, 0.1) is 12.3 Å². The van der Waals surface area contributed by atoms with Gasteiger partial charge in [-0.2, -0.15) is 0 Å². The highest BCUT2D eigenvalue weighted by atomic mass is 16.5. The van der Waals surface area contributed by atoms with Gasteiger partial charge in [0.15, 0.2) is 0 Å². The number of aromatic nitrogens is 1. The van der Waals surface area contributed by atoms with Crippen LogP contribution in [-0.4, -0.2) is 40.1 Å². The number of hydrogen-bond acceptors (Lipinski definition) is 4. The molecule has 19 heavy (non-hydrogen) atoms. The van der Waals surface area contributed by atoms with Crippen molar-refractivity contribution in [2.75, 3.05) is 13.1 Å². The van der Waals surface area contributed by atoms with Gasteiger partial charge in [-0.1, -0.05) is 12.1 Å². The van der Waals surface area contributed by atoms with Crippen LogP contribution in [0.25, 0.3) is 0 Å². The van der Waals surface area contributed by atoms with Gasteiger partial charge in [0, 0.05) is 19.2 Å². The van der Waals surface area contributed by atoms with Crippen molar-refractivity contribution < 1.29 is 19.2 Å². The van der Waals surface area contributed by atoms with E-state index in [4.69, 9.17) is 4.52 Å². The highest BCUT2D eigenvalue weighted by Crippen LogP contribution is 2.34. The second-order valence-electron chi connectivity index (χ2n) is 5.10. The highest BCUT2D eigenvalue weighted by molar-refractivity contribution is 5.92. The lowest BCUT2D eigenvalue weighted by atomic mass is 9.77. The Morgan fingerprint density at radius 1 is 1.58 bits per heavy atom. The van der Waals surface area contributed by atoms with Crippen LogP contribution in [0.1, 0.15) is 42.4 Å². The van der Waals surface area contributed by atoms with Gasteiger partial charge < -0.3 is 14.5 Å². The molecular weight excluding hydrogens is 248 g/mol. The van der Waals surface area contributed by atoms with E-state index < -0.39 is 11.4 Å². The molecule has 2 heterocycles. The number of aryl methyl sites for hydroxylation is 1. The van der Waals surface area contributed by atoms with Crippen molar-refractivity contribution in [3.63, 3.8) is 0 Å². The maximum atomic E-state index is 12.2. The molecule has 0 bridgehead atoms. The van der Waals surface area contributed by atoms with E-state index in [1.807, 2.05) is 6.92 Å². The molecule has 1 aliphatic heterocycles. The minimum absolute atomic E-state index is 0.176. The van der Waals surface area contributed by atoms with E-state index in [1.54, 1.807) is 17.9 Å². The van der Waals surface area contributed by atoms with E-state index >= 15 is 0 Å². The lowest BCUT2D eigenvalue weighted by Gasteiger charge is -2.38. The zero-order valence-corrected chi connectivity index (χ0v) is 11.2. The fraction of sp³-hybridized carbons (Fsp3) is 0.615. The van der Waals surface area contributed by atoms with Crippen molar-refractivity contribution in [3.8, 4) is 0 Å². The summed E-state index contributed by atoms with van der Waals surface area (Å²) in [6, 6.07) is 1.57. The average molecular weight is 266 g/mol. The fourth-order valence-electron chi connectivity index (χ4n) is 2.54. The highest BCUT2D eigenvalue weighted by Gasteiger charge is 2.42. The molecule has 1 N–H and O–H groups in total. The zero-order chi connectivity index (χ0) is 14.0. The van der Waals surface area contributed by atoms with Gasteiger partial charge in [0.2, 0.25) is 5.76 Å². The molecule has 1 aromatic heterocycles. The summed E-state index contributed by atoms with van der Waals surface area (Å²) in [6.07, 6.45) is 1.82. The van der Waals surface area contributed by atoms with E-state index in [-0.39, 0.29) is 18.2 Å². The molecule has 2 rings (SSSR count). The van der Waals surface area contributed by atoms with Gasteiger partial charge in [0.25, 0.3) is 5.91 Å². The van der Waals surface area contributed by atoms with Gasteiger partial charge in [0.05, 0.1) is 11.1 Å². The first kappa shape index (κ1) is 13.6. The molecule has 104 valence electrons. The molecule has 1 amide bonds. The van der Waals surface area contributed by atoms with Gasteiger partial charge in [-0.05, 0) is 26.2 Å². The van der Waals surface area contributed by atoms with Crippen molar-refractivity contribution in [2.45, 2.75) is 33.1 Å². The van der Waals surface area contributed by atoms with Gasteiger partial charge in [0.1, 0.15) is 0 Å². The summed E-state index contributed by atoms with van der Waals surface area (Å²) >= 11 is 0. The normalized spacial score (nSPS) is 23.4. The average Bonchev–Trinajstić information content (AvgIpc) is 2.84. The third kappa shape index (κ3) is 2.47. The lowest BCUT2D eigenvalue weighted by molar-refractivity contribution is -0.152. The number of hydrogen-bond donors (Lipinski definition) is 1. The summed E-state index contributed by atoms with van der Waals surface area (Å²) in [5.41, 5.74) is -0.191. The molecule has 1 unspecified atom stereocenters. The molecule has 6 nitrogen and oxygen atoms in total. The van der Waals surface area contributed by atoms with Crippen LogP contribution in [0.15, 0.2) is 10.6 Å². The van der Waals surface area contributed by atoms with Crippen molar-refractivity contribution in [2.24, 2.45) is 5.41 Å². The molecule has 1 saturated heterocycles. The first-order valence-electron chi connectivity index (χ1n) is 6.44. The topological polar surface area (TPSA) is 83.6 Å². The van der Waals surface area contributed by atoms with E-state index in [0.29, 0.717) is 31.5 Å². The van der Waals surface area contributed by atoms with Gasteiger partial charge in [-0.25, -0.2) is 0 Å². The Morgan fingerprint density at radius 2 is 2.32 bits per heavy atom. The Balaban J connectivity index is 2.17. The molecular formula is C13H18N2O4. The predicted molar refractivity (Wildman–Crippen MR) is 66.7 cm³/mol. The van der Waals surface area contributed by atoms with Crippen molar-refractivity contribution in [1.82, 2.24) is 10.1 Å². The molecule has 6 heteroatoms. The number of carbonyl (C=O) groups excluding carboxylic acids is 1. The van der Waals surface area contributed by atoms with E-state index in [2.05, 4.69) is 5.16 Å². The van der Waals surface area contributed by atoms with Crippen LogP contribution >= 0.6 is 0 Å². The Kier molecular flexibility index (Phi) is 3.59. The second-order valence-corrected chi connectivity index (χ2v) is 5.10. The molecule has 0 aromatic carbocycles. The molecule has 0 spiro atoms. The number of carbonyl (C=O) groups is 2. The summed E-state index contributed by atoms with van der Waals surface area (Å²) in [5, 5.41) is 13.1. The third-order valence-corrected chi connectivity index (χ3v) is 3.83. The Morgan fingerprint density at radius 3 is 2.84 bits per heavy atom. The summed E-state index contributed by atoms with van der Waals surface area (Å²) < 4.78 is 4.95. The van der Waals surface area contributed by atoms with Crippen LogP contribution in [0.2, 0.25) is 0 Å². The van der Waals surface area contributed by atoms with Crippen LogP contribution in [0.4, 0.5) is 0 Å².